The van der Waals surface area contributed by atoms with E-state index in [1.807, 2.05) is 0 Å². The van der Waals surface area contributed by atoms with Crippen molar-refractivity contribution in [1.29, 1.82) is 0 Å². The van der Waals surface area contributed by atoms with E-state index in [0.29, 0.717) is 0 Å². The highest BCUT2D eigenvalue weighted by Gasteiger charge is 2.20. The van der Waals surface area contributed by atoms with Gasteiger partial charge >= 0.3 is 11.9 Å². The lowest BCUT2D eigenvalue weighted by Crippen LogP contribution is -2.12. The van der Waals surface area contributed by atoms with Gasteiger partial charge in [0.2, 0.25) is 0 Å². The minimum atomic E-state index is -1.31. The predicted octanol–water partition coefficient (Wildman–Crippen LogP) is 1.60. The van der Waals surface area contributed by atoms with Crippen molar-refractivity contribution in [2.24, 2.45) is 0 Å². The van der Waals surface area contributed by atoms with E-state index in [1.54, 1.807) is 0 Å². The normalized spacial score (nSPS) is 11.6. The van der Waals surface area contributed by atoms with Crippen LogP contribution in [0.5, 0.6) is 0 Å². The second kappa shape index (κ2) is 4.41. The van der Waals surface area contributed by atoms with Gasteiger partial charge in [-0.1, -0.05) is 13.2 Å². The van der Waals surface area contributed by atoms with Gasteiger partial charge in [0.15, 0.2) is 0 Å². The number of carbonyl (C=O) groups is 2. The zero-order valence-electron chi connectivity index (χ0n) is 8.13. The molecule has 0 aliphatic heterocycles. The topological polar surface area (TPSA) is 74.6 Å². The van der Waals surface area contributed by atoms with Gasteiger partial charge in [0.1, 0.15) is 0 Å². The Balaban J connectivity index is 5.76. The molecule has 0 amide bonds. The molecule has 0 aromatic rings. The highest BCUT2D eigenvalue weighted by molar-refractivity contribution is 6.04. The standard InChI is InChI=1S/C10H12O4/c1-5(2)7(9(11)12)8(6(3)4)10(13)14/h1,3H2,2,4H3,(H,11,12)(H,13,14)/b8-7-. The van der Waals surface area contributed by atoms with Gasteiger partial charge in [0.05, 0.1) is 11.1 Å². The largest absolute Gasteiger partial charge is 0.478 e. The van der Waals surface area contributed by atoms with Crippen molar-refractivity contribution in [2.45, 2.75) is 13.8 Å². The van der Waals surface area contributed by atoms with E-state index in [-0.39, 0.29) is 22.3 Å². The van der Waals surface area contributed by atoms with E-state index in [0.717, 1.165) is 0 Å². The summed E-state index contributed by atoms with van der Waals surface area (Å²) in [5, 5.41) is 17.6. The lowest BCUT2D eigenvalue weighted by Gasteiger charge is -2.07. The molecule has 0 fully saturated rings. The molecule has 76 valence electrons. The third-order valence-electron chi connectivity index (χ3n) is 1.53. The van der Waals surface area contributed by atoms with E-state index in [9.17, 15) is 9.59 Å². The van der Waals surface area contributed by atoms with Crippen LogP contribution in [-0.4, -0.2) is 22.2 Å². The molecule has 0 aliphatic rings. The van der Waals surface area contributed by atoms with E-state index in [1.165, 1.54) is 13.8 Å². The van der Waals surface area contributed by atoms with Crippen molar-refractivity contribution in [1.82, 2.24) is 0 Å². The average molecular weight is 196 g/mol. The Hall–Kier alpha value is -1.84. The van der Waals surface area contributed by atoms with Gasteiger partial charge < -0.3 is 10.2 Å². The van der Waals surface area contributed by atoms with Gasteiger partial charge in [0, 0.05) is 0 Å². The maximum atomic E-state index is 10.8. The van der Waals surface area contributed by atoms with Gasteiger partial charge in [-0.05, 0) is 25.0 Å². The minimum Gasteiger partial charge on any atom is -0.478 e. The molecule has 0 aliphatic carbocycles. The summed E-state index contributed by atoms with van der Waals surface area (Å²) in [6, 6.07) is 0. The van der Waals surface area contributed by atoms with Gasteiger partial charge in [-0.3, -0.25) is 0 Å². The number of hydrogen-bond acceptors (Lipinski definition) is 2. The first-order chi connectivity index (χ1) is 6.29. The van der Waals surface area contributed by atoms with Crippen molar-refractivity contribution >= 4 is 11.9 Å². The summed E-state index contributed by atoms with van der Waals surface area (Å²) >= 11 is 0. The first-order valence-corrected chi connectivity index (χ1v) is 3.81. The van der Waals surface area contributed by atoms with E-state index >= 15 is 0 Å². The second-order valence-electron chi connectivity index (χ2n) is 2.92. The lowest BCUT2D eigenvalue weighted by atomic mass is 9.98. The van der Waals surface area contributed by atoms with Crippen LogP contribution in [-0.2, 0) is 9.59 Å². The lowest BCUT2D eigenvalue weighted by molar-refractivity contribution is -0.135. The van der Waals surface area contributed by atoms with Crippen molar-refractivity contribution in [3.05, 3.63) is 35.5 Å². The summed E-state index contributed by atoms with van der Waals surface area (Å²) in [6.45, 7) is 9.72. The van der Waals surface area contributed by atoms with Crippen molar-refractivity contribution in [2.75, 3.05) is 0 Å². The molecule has 0 radical (unpaired) electrons. The summed E-state index contributed by atoms with van der Waals surface area (Å²) in [5.41, 5.74) is -0.217. The van der Waals surface area contributed by atoms with Crippen LogP contribution in [0.3, 0.4) is 0 Å². The van der Waals surface area contributed by atoms with Gasteiger partial charge in [-0.15, -0.1) is 0 Å². The zero-order valence-corrected chi connectivity index (χ0v) is 8.13. The number of aliphatic carboxylic acids is 2. The Bertz CT molecular complexity index is 281. The first kappa shape index (κ1) is 12.2. The van der Waals surface area contributed by atoms with Gasteiger partial charge in [0.25, 0.3) is 0 Å². The highest BCUT2D eigenvalue weighted by Crippen LogP contribution is 2.19. The van der Waals surface area contributed by atoms with Gasteiger partial charge in [-0.25, -0.2) is 9.59 Å². The number of carboxylic acids is 2. The van der Waals surface area contributed by atoms with Crippen LogP contribution >= 0.6 is 0 Å². The van der Waals surface area contributed by atoms with Gasteiger partial charge in [-0.2, -0.15) is 0 Å². The Morgan fingerprint density at radius 2 is 1.07 bits per heavy atom. The van der Waals surface area contributed by atoms with E-state index in [2.05, 4.69) is 13.2 Å². The van der Waals surface area contributed by atoms with Crippen LogP contribution in [0.4, 0.5) is 0 Å². The molecule has 0 saturated carbocycles. The van der Waals surface area contributed by atoms with Crippen LogP contribution in [0.2, 0.25) is 0 Å². The summed E-state index contributed by atoms with van der Waals surface area (Å²) in [7, 11) is 0. The number of carboxylic acid groups (broad SMARTS) is 2. The maximum Gasteiger partial charge on any atom is 0.336 e. The Morgan fingerprint density at radius 3 is 1.14 bits per heavy atom. The summed E-state index contributed by atoms with van der Waals surface area (Å²) in [6.07, 6.45) is 0. The fourth-order valence-corrected chi connectivity index (χ4v) is 1.01. The Morgan fingerprint density at radius 1 is 0.857 bits per heavy atom. The molecule has 0 spiro atoms. The molecule has 14 heavy (non-hydrogen) atoms. The number of hydrogen-bond donors (Lipinski definition) is 2. The maximum absolute atomic E-state index is 10.8. The summed E-state index contributed by atoms with van der Waals surface area (Å²) < 4.78 is 0. The number of rotatable bonds is 4. The van der Waals surface area contributed by atoms with Crippen LogP contribution in [0, 0.1) is 0 Å². The van der Waals surface area contributed by atoms with E-state index < -0.39 is 11.9 Å². The van der Waals surface area contributed by atoms with Crippen LogP contribution < -0.4 is 0 Å². The second-order valence-corrected chi connectivity index (χ2v) is 2.92. The molecule has 4 heteroatoms. The van der Waals surface area contributed by atoms with Crippen LogP contribution in [0.25, 0.3) is 0 Å². The molecule has 0 rings (SSSR count). The van der Waals surface area contributed by atoms with Crippen molar-refractivity contribution < 1.29 is 19.8 Å². The fourth-order valence-electron chi connectivity index (χ4n) is 1.01. The highest BCUT2D eigenvalue weighted by atomic mass is 16.4. The molecule has 0 atom stereocenters. The molecule has 0 saturated heterocycles. The first-order valence-electron chi connectivity index (χ1n) is 3.81. The summed E-state index contributed by atoms with van der Waals surface area (Å²) in [5.74, 6) is -2.61. The Kier molecular flexibility index (Phi) is 3.83. The molecule has 0 aromatic heterocycles. The zero-order chi connectivity index (χ0) is 11.5. The third kappa shape index (κ3) is 2.58. The Labute approximate surface area is 81.9 Å². The monoisotopic (exact) mass is 196 g/mol. The smallest absolute Gasteiger partial charge is 0.336 e. The quantitative estimate of drug-likeness (QED) is 0.529. The SMILES string of the molecule is C=C(C)/C(C(=O)O)=C(\C(=C)C)C(=O)O. The van der Waals surface area contributed by atoms with Crippen LogP contribution in [0.15, 0.2) is 35.5 Å². The summed E-state index contributed by atoms with van der Waals surface area (Å²) in [4.78, 5) is 21.5. The molecular formula is C10H12O4. The molecule has 4 nitrogen and oxygen atoms in total. The van der Waals surface area contributed by atoms with Crippen molar-refractivity contribution in [3.63, 3.8) is 0 Å². The van der Waals surface area contributed by atoms with E-state index in [4.69, 9.17) is 10.2 Å². The molecule has 0 heterocycles. The molecule has 2 N–H and O–H groups in total. The molecule has 0 unspecified atom stereocenters. The fraction of sp³-hybridized carbons (Fsp3) is 0.200. The average Bonchev–Trinajstić information content (AvgIpc) is 1.96. The molecular weight excluding hydrogens is 184 g/mol. The molecule has 0 bridgehead atoms. The van der Waals surface area contributed by atoms with Crippen molar-refractivity contribution in [3.8, 4) is 0 Å². The third-order valence-corrected chi connectivity index (χ3v) is 1.53. The minimum absolute atomic E-state index is 0.193. The van der Waals surface area contributed by atoms with Crippen LogP contribution in [0.1, 0.15) is 13.8 Å². The molecule has 0 aromatic carbocycles. The predicted molar refractivity (Wildman–Crippen MR) is 51.9 cm³/mol.